The van der Waals surface area contributed by atoms with Gasteiger partial charge in [-0.25, -0.2) is 0 Å². The third-order valence-electron chi connectivity index (χ3n) is 14.1. The molecule has 0 saturated heterocycles. The minimum absolute atomic E-state index is 0.0304. The number of unbranched alkanes of at least 4 members (excludes halogenated alkanes) is 43. The van der Waals surface area contributed by atoms with E-state index in [1.54, 1.807) is 0 Å². The lowest BCUT2D eigenvalue weighted by atomic mass is 10.0. The molecule has 392 valence electrons. The SMILES string of the molecule is CCCCCCCCCCCCCCCCCCCCCCCCCC(O)C(CO)NC(=O)CCC/C=C\CCCCCCOC(=O)CCCCCCCCCCCCCCCCCCC. The summed E-state index contributed by atoms with van der Waals surface area (Å²) >= 11 is 0. The Morgan fingerprint density at radius 2 is 0.727 bits per heavy atom. The first-order valence-electron chi connectivity index (χ1n) is 29.9. The Morgan fingerprint density at radius 1 is 0.409 bits per heavy atom. The summed E-state index contributed by atoms with van der Waals surface area (Å²) in [6, 6.07) is -0.579. The quantitative estimate of drug-likeness (QED) is 0.0321. The Balaban J connectivity index is 3.49. The molecule has 1 amide bonds. The van der Waals surface area contributed by atoms with Crippen molar-refractivity contribution in [1.82, 2.24) is 5.32 Å². The third-order valence-corrected chi connectivity index (χ3v) is 14.1. The van der Waals surface area contributed by atoms with E-state index in [1.807, 2.05) is 0 Å². The van der Waals surface area contributed by atoms with Gasteiger partial charge in [0.15, 0.2) is 0 Å². The van der Waals surface area contributed by atoms with Crippen molar-refractivity contribution in [3.05, 3.63) is 12.2 Å². The number of aliphatic hydroxyl groups excluding tert-OH is 2. The van der Waals surface area contributed by atoms with Crippen LogP contribution in [0.3, 0.4) is 0 Å². The summed E-state index contributed by atoms with van der Waals surface area (Å²) in [5.74, 6) is -0.121. The molecule has 6 heteroatoms. The third kappa shape index (κ3) is 52.0. The van der Waals surface area contributed by atoms with Gasteiger partial charge in [0.25, 0.3) is 0 Å². The van der Waals surface area contributed by atoms with Crippen LogP contribution in [0.15, 0.2) is 12.2 Å². The first kappa shape index (κ1) is 64.6. The zero-order valence-electron chi connectivity index (χ0n) is 44.7. The second-order valence-electron chi connectivity index (χ2n) is 20.7. The largest absolute Gasteiger partial charge is 0.466 e. The number of allylic oxidation sites excluding steroid dienone is 2. The van der Waals surface area contributed by atoms with Crippen molar-refractivity contribution in [2.75, 3.05) is 13.2 Å². The summed E-state index contributed by atoms with van der Waals surface area (Å²) in [5, 5.41) is 23.3. The van der Waals surface area contributed by atoms with Gasteiger partial charge in [-0.1, -0.05) is 289 Å². The molecule has 0 aromatic rings. The number of hydrogen-bond acceptors (Lipinski definition) is 5. The lowest BCUT2D eigenvalue weighted by Crippen LogP contribution is -2.45. The topological polar surface area (TPSA) is 95.9 Å². The first-order chi connectivity index (χ1) is 32.5. The summed E-state index contributed by atoms with van der Waals surface area (Å²) in [6.45, 7) is 4.90. The first-order valence-corrected chi connectivity index (χ1v) is 29.9. The fourth-order valence-electron chi connectivity index (χ4n) is 9.47. The fraction of sp³-hybridized carbons (Fsp3) is 0.933. The molecule has 0 spiro atoms. The molecule has 0 fully saturated rings. The molecule has 0 bridgehead atoms. The Morgan fingerprint density at radius 3 is 1.11 bits per heavy atom. The van der Waals surface area contributed by atoms with E-state index in [0.717, 1.165) is 70.6 Å². The molecule has 6 nitrogen and oxygen atoms in total. The van der Waals surface area contributed by atoms with Gasteiger partial charge in [-0.2, -0.15) is 0 Å². The Labute approximate surface area is 412 Å². The highest BCUT2D eigenvalue weighted by molar-refractivity contribution is 5.76. The monoisotopic (exact) mass is 932 g/mol. The molecule has 66 heavy (non-hydrogen) atoms. The van der Waals surface area contributed by atoms with Crippen LogP contribution in [0.2, 0.25) is 0 Å². The zero-order valence-corrected chi connectivity index (χ0v) is 44.7. The molecule has 0 heterocycles. The van der Waals surface area contributed by atoms with Crippen molar-refractivity contribution in [3.63, 3.8) is 0 Å². The van der Waals surface area contributed by atoms with Gasteiger partial charge in [0, 0.05) is 12.8 Å². The zero-order chi connectivity index (χ0) is 47.9. The van der Waals surface area contributed by atoms with E-state index in [0.29, 0.717) is 25.9 Å². The van der Waals surface area contributed by atoms with E-state index >= 15 is 0 Å². The summed E-state index contributed by atoms with van der Waals surface area (Å²) in [6.07, 6.45) is 66.5. The Kier molecular flexibility index (Phi) is 55.0. The van der Waals surface area contributed by atoms with E-state index in [1.165, 1.54) is 231 Å². The molecule has 2 unspecified atom stereocenters. The van der Waals surface area contributed by atoms with Crippen molar-refractivity contribution >= 4 is 11.9 Å². The second kappa shape index (κ2) is 56.2. The van der Waals surface area contributed by atoms with Crippen LogP contribution in [0.5, 0.6) is 0 Å². The van der Waals surface area contributed by atoms with Crippen LogP contribution in [0, 0.1) is 0 Å². The second-order valence-corrected chi connectivity index (χ2v) is 20.7. The number of carbonyl (C=O) groups excluding carboxylic acids is 2. The van der Waals surface area contributed by atoms with Crippen LogP contribution in [0.4, 0.5) is 0 Å². The van der Waals surface area contributed by atoms with Crippen molar-refractivity contribution < 1.29 is 24.5 Å². The average molecular weight is 933 g/mol. The van der Waals surface area contributed by atoms with Gasteiger partial charge in [0.05, 0.1) is 25.4 Å². The molecule has 0 rings (SSSR count). The number of amides is 1. The number of esters is 1. The lowest BCUT2D eigenvalue weighted by molar-refractivity contribution is -0.143. The predicted octanol–water partition coefficient (Wildman–Crippen LogP) is 18.5. The van der Waals surface area contributed by atoms with E-state index in [4.69, 9.17) is 4.74 Å². The highest BCUT2D eigenvalue weighted by Gasteiger charge is 2.20. The normalized spacial score (nSPS) is 12.6. The van der Waals surface area contributed by atoms with Gasteiger partial charge < -0.3 is 20.3 Å². The number of nitrogens with one attached hydrogen (secondary N) is 1. The van der Waals surface area contributed by atoms with Gasteiger partial charge >= 0.3 is 5.97 Å². The number of hydrogen-bond donors (Lipinski definition) is 3. The number of aliphatic hydroxyl groups is 2. The average Bonchev–Trinajstić information content (AvgIpc) is 3.32. The van der Waals surface area contributed by atoms with Gasteiger partial charge in [-0.05, 0) is 44.9 Å². The van der Waals surface area contributed by atoms with Crippen LogP contribution in [0.1, 0.15) is 335 Å². The van der Waals surface area contributed by atoms with Gasteiger partial charge in [-0.15, -0.1) is 0 Å². The minimum Gasteiger partial charge on any atom is -0.466 e. The standard InChI is InChI=1S/C60H117NO5/c1-3-5-7-9-11-13-15-17-19-21-22-23-24-25-26-28-29-31-33-36-40-44-48-52-58(63)57(56-62)61-59(64)53-49-45-41-37-35-39-43-47-51-55-66-60(65)54-50-46-42-38-34-32-30-27-20-18-16-14-12-10-8-6-4-2/h37,41,57-58,62-63H,3-36,38-40,42-56H2,1-2H3,(H,61,64)/b41-37-. The molecule has 0 aliphatic heterocycles. The van der Waals surface area contributed by atoms with Crippen molar-refractivity contribution in [1.29, 1.82) is 0 Å². The van der Waals surface area contributed by atoms with Gasteiger partial charge in [-0.3, -0.25) is 9.59 Å². The highest BCUT2D eigenvalue weighted by Crippen LogP contribution is 2.18. The molecule has 0 aliphatic carbocycles. The molecule has 0 saturated carbocycles. The van der Waals surface area contributed by atoms with Crippen molar-refractivity contribution in [2.45, 2.75) is 347 Å². The van der Waals surface area contributed by atoms with Crippen molar-refractivity contribution in [3.8, 4) is 0 Å². The summed E-state index contributed by atoms with van der Waals surface area (Å²) < 4.78 is 5.46. The fourth-order valence-corrected chi connectivity index (χ4v) is 9.47. The molecule has 0 aliphatic rings. The molecule has 2 atom stereocenters. The van der Waals surface area contributed by atoms with E-state index in [9.17, 15) is 19.8 Å². The molecule has 0 radical (unpaired) electrons. The van der Waals surface area contributed by atoms with Gasteiger partial charge in [0.2, 0.25) is 5.91 Å². The van der Waals surface area contributed by atoms with Crippen LogP contribution < -0.4 is 5.32 Å². The summed E-state index contributed by atoms with van der Waals surface area (Å²) in [5.41, 5.74) is 0. The van der Waals surface area contributed by atoms with Crippen LogP contribution in [0.25, 0.3) is 0 Å². The number of rotatable bonds is 56. The molecular formula is C60H117NO5. The number of carbonyl (C=O) groups is 2. The maximum atomic E-state index is 12.5. The van der Waals surface area contributed by atoms with E-state index < -0.39 is 12.1 Å². The molecule has 0 aromatic heterocycles. The maximum Gasteiger partial charge on any atom is 0.305 e. The predicted molar refractivity (Wildman–Crippen MR) is 287 cm³/mol. The highest BCUT2D eigenvalue weighted by atomic mass is 16.5. The van der Waals surface area contributed by atoms with E-state index in [-0.39, 0.29) is 18.5 Å². The van der Waals surface area contributed by atoms with E-state index in [2.05, 4.69) is 31.3 Å². The minimum atomic E-state index is -0.695. The molecule has 0 aromatic carbocycles. The van der Waals surface area contributed by atoms with Crippen molar-refractivity contribution in [2.24, 2.45) is 0 Å². The van der Waals surface area contributed by atoms with Crippen LogP contribution in [-0.4, -0.2) is 47.4 Å². The summed E-state index contributed by atoms with van der Waals surface area (Å²) in [4.78, 5) is 24.6. The Bertz CT molecular complexity index is 986. The van der Waals surface area contributed by atoms with Gasteiger partial charge in [0.1, 0.15) is 0 Å². The maximum absolute atomic E-state index is 12.5. The molecule has 3 N–H and O–H groups in total. The Hall–Kier alpha value is -1.40. The molecular weight excluding hydrogens is 815 g/mol. The van der Waals surface area contributed by atoms with Crippen LogP contribution >= 0.6 is 0 Å². The lowest BCUT2D eigenvalue weighted by Gasteiger charge is -2.22. The number of ether oxygens (including phenoxy) is 1. The smallest absolute Gasteiger partial charge is 0.305 e. The summed E-state index contributed by atoms with van der Waals surface area (Å²) in [7, 11) is 0. The van der Waals surface area contributed by atoms with Crippen LogP contribution in [-0.2, 0) is 14.3 Å².